The molecule has 0 saturated carbocycles. The molecule has 1 heterocycles. The number of carbonyl (C=O) groups is 1. The Kier molecular flexibility index (Phi) is 15.3. The summed E-state index contributed by atoms with van der Waals surface area (Å²) in [5, 5.41) is 8.83. The highest BCUT2D eigenvalue weighted by Gasteiger charge is 2.09. The van der Waals surface area contributed by atoms with E-state index in [1.165, 1.54) is 0 Å². The van der Waals surface area contributed by atoms with Gasteiger partial charge in [-0.2, -0.15) is 11.8 Å². The first-order valence-electron chi connectivity index (χ1n) is 13.1. The largest absolute Gasteiger partial charge is 0.487 e. The topological polar surface area (TPSA) is 111 Å². The molecule has 1 N–H and O–H groups in total. The van der Waals surface area contributed by atoms with Crippen molar-refractivity contribution in [2.45, 2.75) is 12.2 Å². The summed E-state index contributed by atoms with van der Waals surface area (Å²) in [7, 11) is 0. The number of thioether (sulfide) groups is 1. The summed E-state index contributed by atoms with van der Waals surface area (Å²) in [6, 6.07) is 13.3. The molecule has 11 heteroatoms. The fraction of sp³-hybridized carbons (Fsp3) is 0.536. The molecule has 0 fully saturated rings. The lowest BCUT2D eigenvalue weighted by atomic mass is 10.2. The lowest BCUT2D eigenvalue weighted by Gasteiger charge is -2.15. The Morgan fingerprint density at radius 2 is 1.05 bits per heavy atom. The van der Waals surface area contributed by atoms with Crippen molar-refractivity contribution < 1.29 is 47.8 Å². The summed E-state index contributed by atoms with van der Waals surface area (Å²) in [6.07, 6.45) is 0.135. The van der Waals surface area contributed by atoms with Crippen LogP contribution in [0.5, 0.6) is 23.0 Å². The van der Waals surface area contributed by atoms with Gasteiger partial charge in [0.05, 0.1) is 59.3 Å². The summed E-state index contributed by atoms with van der Waals surface area (Å²) in [4.78, 5) is 10.7. The highest BCUT2D eigenvalue weighted by molar-refractivity contribution is 7.98. The second-order valence-electron chi connectivity index (χ2n) is 8.27. The van der Waals surface area contributed by atoms with Gasteiger partial charge in [0, 0.05) is 11.5 Å². The van der Waals surface area contributed by atoms with Crippen LogP contribution >= 0.6 is 11.8 Å². The predicted octanol–water partition coefficient (Wildman–Crippen LogP) is 3.69. The molecular weight excluding hydrogens is 528 g/mol. The molecule has 0 unspecified atom stereocenters. The maximum Gasteiger partial charge on any atom is 0.304 e. The van der Waals surface area contributed by atoms with Crippen LogP contribution in [0, 0.1) is 0 Å². The number of carboxylic acids is 1. The van der Waals surface area contributed by atoms with Gasteiger partial charge in [0.1, 0.15) is 26.4 Å². The third-order valence-corrected chi connectivity index (χ3v) is 6.30. The van der Waals surface area contributed by atoms with Crippen LogP contribution in [0.3, 0.4) is 0 Å². The van der Waals surface area contributed by atoms with E-state index in [-0.39, 0.29) is 6.42 Å². The Morgan fingerprint density at radius 3 is 1.54 bits per heavy atom. The van der Waals surface area contributed by atoms with Crippen LogP contribution in [0.1, 0.15) is 12.0 Å². The van der Waals surface area contributed by atoms with Crippen LogP contribution in [-0.4, -0.2) is 96.1 Å². The van der Waals surface area contributed by atoms with E-state index in [1.807, 2.05) is 42.5 Å². The Balaban J connectivity index is 1.48. The molecule has 39 heavy (non-hydrogen) atoms. The molecule has 0 bridgehead atoms. The average molecular weight is 567 g/mol. The van der Waals surface area contributed by atoms with E-state index in [4.69, 9.17) is 43.0 Å². The van der Waals surface area contributed by atoms with Crippen molar-refractivity contribution in [3.05, 3.63) is 48.0 Å². The minimum Gasteiger partial charge on any atom is -0.487 e. The number of para-hydroxylation sites is 2. The molecule has 2 aromatic rings. The van der Waals surface area contributed by atoms with Gasteiger partial charge in [0.25, 0.3) is 0 Å². The molecule has 0 radical (unpaired) electrons. The summed E-state index contributed by atoms with van der Waals surface area (Å²) in [6.45, 7) is 4.91. The molecule has 10 nitrogen and oxygen atoms in total. The van der Waals surface area contributed by atoms with E-state index < -0.39 is 5.97 Å². The maximum atomic E-state index is 10.7. The van der Waals surface area contributed by atoms with Crippen LogP contribution < -0.4 is 18.9 Å². The van der Waals surface area contributed by atoms with E-state index >= 15 is 0 Å². The molecule has 2 aromatic carbocycles. The Bertz CT molecular complexity index is 958. The second-order valence-corrected chi connectivity index (χ2v) is 9.37. The number of rotatable bonds is 5. The van der Waals surface area contributed by atoms with Crippen molar-refractivity contribution in [3.63, 3.8) is 0 Å². The van der Waals surface area contributed by atoms with Gasteiger partial charge in [-0.05, 0) is 29.8 Å². The van der Waals surface area contributed by atoms with Crippen LogP contribution in [0.15, 0.2) is 42.5 Å². The Hall–Kier alpha value is -2.70. The SMILES string of the molecule is O=C(O)CCSCc1ccc2c(c1)OCCOCCOCCOc1ccccc1OCCOCCOCCO2. The monoisotopic (exact) mass is 566 g/mol. The van der Waals surface area contributed by atoms with Crippen LogP contribution in [0.4, 0.5) is 0 Å². The number of hydrogen-bond donors (Lipinski definition) is 1. The lowest BCUT2D eigenvalue weighted by molar-refractivity contribution is -0.136. The highest BCUT2D eigenvalue weighted by atomic mass is 32.2. The van der Waals surface area contributed by atoms with Crippen LogP contribution in [0.2, 0.25) is 0 Å². The third kappa shape index (κ3) is 13.3. The van der Waals surface area contributed by atoms with Crippen molar-refractivity contribution in [2.75, 3.05) is 85.0 Å². The fourth-order valence-electron chi connectivity index (χ4n) is 3.40. The standard InChI is InChI=1S/C28H38O10S/c29-28(30)7-20-39-22-23-5-6-26-27(21-23)38-19-15-34-11-10-32-13-17-36-25-4-2-1-3-24(25)35-16-12-31-8-9-33-14-18-37-26/h1-6,21H,7-20,22H2,(H,29,30). The first-order chi connectivity index (χ1) is 19.2. The number of fused-ring (bicyclic) bond motifs is 2. The Labute approximate surface area is 233 Å². The van der Waals surface area contributed by atoms with E-state index in [0.29, 0.717) is 114 Å². The summed E-state index contributed by atoms with van der Waals surface area (Å²) < 4.78 is 45.9. The van der Waals surface area contributed by atoms with Crippen molar-refractivity contribution in [2.24, 2.45) is 0 Å². The first-order valence-corrected chi connectivity index (χ1v) is 14.2. The van der Waals surface area contributed by atoms with Gasteiger partial charge in [-0.25, -0.2) is 0 Å². The molecule has 0 aliphatic carbocycles. The molecule has 1 aliphatic rings. The van der Waals surface area contributed by atoms with Gasteiger partial charge in [-0.1, -0.05) is 18.2 Å². The van der Waals surface area contributed by atoms with Crippen molar-refractivity contribution in [3.8, 4) is 23.0 Å². The van der Waals surface area contributed by atoms with Crippen LogP contribution in [-0.2, 0) is 29.5 Å². The number of carboxylic acid groups (broad SMARTS) is 1. The molecule has 0 aromatic heterocycles. The zero-order chi connectivity index (χ0) is 27.4. The molecule has 0 saturated heterocycles. The highest BCUT2D eigenvalue weighted by Crippen LogP contribution is 2.30. The summed E-state index contributed by atoms with van der Waals surface area (Å²) >= 11 is 1.56. The molecular formula is C28H38O10S. The molecule has 1 aliphatic heterocycles. The van der Waals surface area contributed by atoms with E-state index in [1.54, 1.807) is 11.8 Å². The quantitative estimate of drug-likeness (QED) is 0.535. The first kappa shape index (κ1) is 30.8. The molecule has 3 rings (SSSR count). The smallest absolute Gasteiger partial charge is 0.304 e. The normalized spacial score (nSPS) is 17.0. The zero-order valence-corrected chi connectivity index (χ0v) is 23.0. The van der Waals surface area contributed by atoms with Gasteiger partial charge in [-0.3, -0.25) is 4.79 Å². The average Bonchev–Trinajstić information content (AvgIpc) is 2.94. The van der Waals surface area contributed by atoms with Crippen molar-refractivity contribution in [1.29, 1.82) is 0 Å². The fourth-order valence-corrected chi connectivity index (χ4v) is 4.28. The lowest BCUT2D eigenvalue weighted by Crippen LogP contribution is -2.15. The molecule has 0 spiro atoms. The third-order valence-electron chi connectivity index (χ3n) is 5.27. The van der Waals surface area contributed by atoms with E-state index in [0.717, 1.165) is 5.56 Å². The van der Waals surface area contributed by atoms with Crippen molar-refractivity contribution >= 4 is 17.7 Å². The zero-order valence-electron chi connectivity index (χ0n) is 22.2. The number of hydrogen-bond acceptors (Lipinski definition) is 10. The van der Waals surface area contributed by atoms with Crippen LogP contribution in [0.25, 0.3) is 0 Å². The predicted molar refractivity (Wildman–Crippen MR) is 147 cm³/mol. The number of ether oxygens (including phenoxy) is 8. The maximum absolute atomic E-state index is 10.7. The molecule has 216 valence electrons. The molecule has 0 amide bonds. The van der Waals surface area contributed by atoms with E-state index in [2.05, 4.69) is 0 Å². The van der Waals surface area contributed by atoms with Gasteiger partial charge in [0.15, 0.2) is 23.0 Å². The van der Waals surface area contributed by atoms with Gasteiger partial charge < -0.3 is 43.0 Å². The van der Waals surface area contributed by atoms with E-state index in [9.17, 15) is 4.79 Å². The number of benzene rings is 2. The second kappa shape index (κ2) is 19.4. The summed E-state index contributed by atoms with van der Waals surface area (Å²) in [5.74, 6) is 2.99. The minimum atomic E-state index is -0.795. The van der Waals surface area contributed by atoms with Gasteiger partial charge in [0.2, 0.25) is 0 Å². The number of aliphatic carboxylic acids is 1. The molecule has 0 atom stereocenters. The minimum absolute atomic E-state index is 0.135. The van der Waals surface area contributed by atoms with Crippen molar-refractivity contribution in [1.82, 2.24) is 0 Å². The summed E-state index contributed by atoms with van der Waals surface area (Å²) in [5.41, 5.74) is 1.03. The van der Waals surface area contributed by atoms with Gasteiger partial charge in [-0.15, -0.1) is 0 Å². The Morgan fingerprint density at radius 1 is 0.615 bits per heavy atom. The van der Waals surface area contributed by atoms with Gasteiger partial charge >= 0.3 is 5.97 Å².